The lowest BCUT2D eigenvalue weighted by Crippen LogP contribution is -2.41. The van der Waals surface area contributed by atoms with E-state index in [1.54, 1.807) is 6.26 Å². The first-order valence-corrected chi connectivity index (χ1v) is 8.45. The molecule has 1 aliphatic rings. The predicted molar refractivity (Wildman–Crippen MR) is 92.8 cm³/mol. The molecular formula is C18H22N4O2. The van der Waals surface area contributed by atoms with Crippen LogP contribution in [-0.2, 0) is 13.1 Å². The Balaban J connectivity index is 1.28. The summed E-state index contributed by atoms with van der Waals surface area (Å²) in [6, 6.07) is 10.6. The van der Waals surface area contributed by atoms with Crippen molar-refractivity contribution in [2.45, 2.75) is 32.0 Å². The average Bonchev–Trinajstić information content (AvgIpc) is 3.22. The highest BCUT2D eigenvalue weighted by molar-refractivity contribution is 5.74. The SMILES string of the molecule is O=c1[nH]c2ccc(CNC3CCN(Cc4ccco4)CC3)cc2[nH]1. The zero-order chi connectivity index (χ0) is 16.4. The second kappa shape index (κ2) is 6.67. The van der Waals surface area contributed by atoms with Crippen LogP contribution in [0.15, 0.2) is 45.8 Å². The van der Waals surface area contributed by atoms with E-state index in [2.05, 4.69) is 26.3 Å². The van der Waals surface area contributed by atoms with Gasteiger partial charge in [-0.15, -0.1) is 0 Å². The number of aromatic amines is 2. The van der Waals surface area contributed by atoms with E-state index in [1.807, 2.05) is 24.3 Å². The minimum Gasteiger partial charge on any atom is -0.468 e. The first kappa shape index (κ1) is 15.2. The molecule has 0 spiro atoms. The van der Waals surface area contributed by atoms with Crippen LogP contribution in [-0.4, -0.2) is 34.0 Å². The maximum Gasteiger partial charge on any atom is 0.323 e. The molecule has 2 aromatic heterocycles. The number of nitrogens with zero attached hydrogens (tertiary/aromatic N) is 1. The number of hydrogen-bond acceptors (Lipinski definition) is 4. The van der Waals surface area contributed by atoms with Gasteiger partial charge in [0.25, 0.3) is 0 Å². The molecule has 3 heterocycles. The quantitative estimate of drug-likeness (QED) is 0.672. The van der Waals surface area contributed by atoms with E-state index in [9.17, 15) is 4.79 Å². The van der Waals surface area contributed by atoms with Crippen molar-refractivity contribution in [3.05, 3.63) is 58.4 Å². The van der Waals surface area contributed by atoms with Crippen molar-refractivity contribution in [2.24, 2.45) is 0 Å². The highest BCUT2D eigenvalue weighted by Crippen LogP contribution is 2.15. The summed E-state index contributed by atoms with van der Waals surface area (Å²) in [5.41, 5.74) is 2.76. The summed E-state index contributed by atoms with van der Waals surface area (Å²) in [4.78, 5) is 19.3. The van der Waals surface area contributed by atoms with Crippen LogP contribution in [0.25, 0.3) is 11.0 Å². The fourth-order valence-electron chi connectivity index (χ4n) is 3.37. The molecule has 0 saturated carbocycles. The number of aromatic nitrogens is 2. The molecule has 0 amide bonds. The lowest BCUT2D eigenvalue weighted by molar-refractivity contribution is 0.178. The van der Waals surface area contributed by atoms with Gasteiger partial charge in [0.05, 0.1) is 23.8 Å². The van der Waals surface area contributed by atoms with Gasteiger partial charge in [-0.05, 0) is 42.7 Å². The maximum atomic E-state index is 11.3. The zero-order valence-corrected chi connectivity index (χ0v) is 13.5. The van der Waals surface area contributed by atoms with Crippen molar-refractivity contribution in [2.75, 3.05) is 13.1 Å². The molecule has 4 rings (SSSR count). The Morgan fingerprint density at radius 3 is 2.79 bits per heavy atom. The first-order valence-electron chi connectivity index (χ1n) is 8.45. The third kappa shape index (κ3) is 3.44. The van der Waals surface area contributed by atoms with Crippen LogP contribution in [0.4, 0.5) is 0 Å². The van der Waals surface area contributed by atoms with E-state index in [0.29, 0.717) is 6.04 Å². The number of piperidine rings is 1. The standard InChI is InChI=1S/C18H22N4O2/c23-18-20-16-4-3-13(10-17(16)21-18)11-19-14-5-7-22(8-6-14)12-15-2-1-9-24-15/h1-4,9-10,14,19H,5-8,11-12H2,(H2,20,21,23). The second-order valence-corrected chi connectivity index (χ2v) is 6.47. The van der Waals surface area contributed by atoms with Crippen molar-refractivity contribution < 1.29 is 4.42 Å². The zero-order valence-electron chi connectivity index (χ0n) is 13.5. The smallest absolute Gasteiger partial charge is 0.323 e. The molecule has 1 saturated heterocycles. The maximum absolute atomic E-state index is 11.3. The molecule has 6 nitrogen and oxygen atoms in total. The minimum absolute atomic E-state index is 0.154. The molecular weight excluding hydrogens is 304 g/mol. The van der Waals surface area contributed by atoms with Crippen molar-refractivity contribution in [3.63, 3.8) is 0 Å². The van der Waals surface area contributed by atoms with Crippen molar-refractivity contribution in [1.29, 1.82) is 0 Å². The number of imidazole rings is 1. The van der Waals surface area contributed by atoms with E-state index in [4.69, 9.17) is 4.42 Å². The van der Waals surface area contributed by atoms with E-state index in [0.717, 1.165) is 55.8 Å². The first-order chi connectivity index (χ1) is 11.8. The number of benzene rings is 1. The highest BCUT2D eigenvalue weighted by atomic mass is 16.3. The Labute approximate surface area is 139 Å². The van der Waals surface area contributed by atoms with E-state index in [-0.39, 0.29) is 5.69 Å². The Bertz CT molecular complexity index is 841. The Morgan fingerprint density at radius 1 is 1.17 bits per heavy atom. The normalized spacial score (nSPS) is 16.8. The van der Waals surface area contributed by atoms with Gasteiger partial charge in [0.15, 0.2) is 0 Å². The van der Waals surface area contributed by atoms with E-state index < -0.39 is 0 Å². The topological polar surface area (TPSA) is 77.1 Å². The number of likely N-dealkylation sites (tertiary alicyclic amines) is 1. The van der Waals surface area contributed by atoms with Crippen LogP contribution in [0.5, 0.6) is 0 Å². The molecule has 3 aromatic rings. The summed E-state index contributed by atoms with van der Waals surface area (Å²) in [5.74, 6) is 1.04. The number of H-pyrrole nitrogens is 2. The number of nitrogens with one attached hydrogen (secondary N) is 3. The number of hydrogen-bond donors (Lipinski definition) is 3. The molecule has 1 aromatic carbocycles. The summed E-state index contributed by atoms with van der Waals surface area (Å²) in [6.07, 6.45) is 4.02. The fourth-order valence-corrected chi connectivity index (χ4v) is 3.37. The number of fused-ring (bicyclic) bond motifs is 1. The van der Waals surface area contributed by atoms with Gasteiger partial charge < -0.3 is 19.7 Å². The predicted octanol–water partition coefficient (Wildman–Crippen LogP) is 2.20. The highest BCUT2D eigenvalue weighted by Gasteiger charge is 2.19. The van der Waals surface area contributed by atoms with Crippen LogP contribution < -0.4 is 11.0 Å². The lowest BCUT2D eigenvalue weighted by atomic mass is 10.0. The summed E-state index contributed by atoms with van der Waals surface area (Å²) in [6.45, 7) is 3.90. The van der Waals surface area contributed by atoms with Crippen LogP contribution in [0.3, 0.4) is 0 Å². The van der Waals surface area contributed by atoms with Gasteiger partial charge in [0.1, 0.15) is 5.76 Å². The van der Waals surface area contributed by atoms with Gasteiger partial charge in [-0.25, -0.2) is 4.79 Å². The summed E-state index contributed by atoms with van der Waals surface area (Å²) in [5, 5.41) is 3.64. The van der Waals surface area contributed by atoms with Gasteiger partial charge in [-0.1, -0.05) is 6.07 Å². The van der Waals surface area contributed by atoms with Gasteiger partial charge in [-0.3, -0.25) is 4.90 Å². The molecule has 0 radical (unpaired) electrons. The van der Waals surface area contributed by atoms with E-state index >= 15 is 0 Å². The van der Waals surface area contributed by atoms with Crippen LogP contribution >= 0.6 is 0 Å². The molecule has 0 atom stereocenters. The number of rotatable bonds is 5. The molecule has 0 bridgehead atoms. The van der Waals surface area contributed by atoms with Crippen molar-refractivity contribution in [3.8, 4) is 0 Å². The lowest BCUT2D eigenvalue weighted by Gasteiger charge is -2.31. The third-order valence-corrected chi connectivity index (χ3v) is 4.72. The van der Waals surface area contributed by atoms with E-state index in [1.165, 1.54) is 5.56 Å². The number of furan rings is 1. The largest absolute Gasteiger partial charge is 0.468 e. The summed E-state index contributed by atoms with van der Waals surface area (Å²) >= 11 is 0. The van der Waals surface area contributed by atoms with Crippen molar-refractivity contribution >= 4 is 11.0 Å². The van der Waals surface area contributed by atoms with Crippen LogP contribution in [0.2, 0.25) is 0 Å². The third-order valence-electron chi connectivity index (χ3n) is 4.72. The van der Waals surface area contributed by atoms with Crippen molar-refractivity contribution in [1.82, 2.24) is 20.2 Å². The summed E-state index contributed by atoms with van der Waals surface area (Å²) < 4.78 is 5.42. The second-order valence-electron chi connectivity index (χ2n) is 6.47. The molecule has 0 aliphatic carbocycles. The fraction of sp³-hybridized carbons (Fsp3) is 0.389. The van der Waals surface area contributed by atoms with Crippen LogP contribution in [0, 0.1) is 0 Å². The Kier molecular flexibility index (Phi) is 4.23. The van der Waals surface area contributed by atoms with Gasteiger partial charge in [0, 0.05) is 25.7 Å². The van der Waals surface area contributed by atoms with Gasteiger partial charge >= 0.3 is 5.69 Å². The molecule has 3 N–H and O–H groups in total. The molecule has 0 unspecified atom stereocenters. The van der Waals surface area contributed by atoms with Gasteiger partial charge in [0.2, 0.25) is 0 Å². The molecule has 1 fully saturated rings. The minimum atomic E-state index is -0.154. The monoisotopic (exact) mass is 326 g/mol. The molecule has 126 valence electrons. The molecule has 24 heavy (non-hydrogen) atoms. The average molecular weight is 326 g/mol. The molecule has 6 heteroatoms. The van der Waals surface area contributed by atoms with Gasteiger partial charge in [-0.2, -0.15) is 0 Å². The Morgan fingerprint density at radius 2 is 2.00 bits per heavy atom. The van der Waals surface area contributed by atoms with Crippen LogP contribution in [0.1, 0.15) is 24.2 Å². The Hall–Kier alpha value is -2.31. The summed E-state index contributed by atoms with van der Waals surface area (Å²) in [7, 11) is 0. The molecule has 1 aliphatic heterocycles.